The summed E-state index contributed by atoms with van der Waals surface area (Å²) in [5.41, 5.74) is 1.71. The van der Waals surface area contributed by atoms with Crippen LogP contribution in [-0.2, 0) is 16.0 Å². The van der Waals surface area contributed by atoms with Crippen molar-refractivity contribution in [2.75, 3.05) is 18.7 Å². The zero-order valence-electron chi connectivity index (χ0n) is 10.7. The van der Waals surface area contributed by atoms with Gasteiger partial charge in [-0.1, -0.05) is 6.07 Å². The van der Waals surface area contributed by atoms with Gasteiger partial charge < -0.3 is 10.1 Å². The van der Waals surface area contributed by atoms with Crippen LogP contribution in [0.2, 0.25) is 0 Å². The Labute approximate surface area is 120 Å². The summed E-state index contributed by atoms with van der Waals surface area (Å²) in [6.45, 7) is 0. The normalized spacial score (nSPS) is 10.2. The van der Waals surface area contributed by atoms with Gasteiger partial charge in [0, 0.05) is 16.0 Å². The van der Waals surface area contributed by atoms with E-state index in [2.05, 4.69) is 27.2 Å². The Hall–Kier alpha value is -1.53. The van der Waals surface area contributed by atoms with Crippen molar-refractivity contribution in [2.45, 2.75) is 11.3 Å². The lowest BCUT2D eigenvalue weighted by molar-refractivity contribution is -0.139. The Kier molecular flexibility index (Phi) is 4.81. The fourth-order valence-electron chi connectivity index (χ4n) is 1.49. The zero-order valence-corrected chi connectivity index (χ0v) is 12.3. The van der Waals surface area contributed by atoms with Gasteiger partial charge in [-0.3, -0.25) is 4.79 Å². The molecule has 0 spiro atoms. The van der Waals surface area contributed by atoms with Crippen molar-refractivity contribution in [2.24, 2.45) is 0 Å². The second-order valence-corrected chi connectivity index (χ2v) is 5.49. The summed E-state index contributed by atoms with van der Waals surface area (Å²) in [5, 5.41) is 5.87. The lowest BCUT2D eigenvalue weighted by atomic mass is 10.3. The number of nitrogens with zero attached hydrogens (tertiary/aromatic N) is 1. The molecule has 0 radical (unpaired) electrons. The van der Waals surface area contributed by atoms with Gasteiger partial charge in [-0.05, 0) is 24.5 Å². The molecule has 0 unspecified atom stereocenters. The molecule has 0 fully saturated rings. The van der Waals surface area contributed by atoms with Gasteiger partial charge in [0.1, 0.15) is 0 Å². The third-order valence-electron chi connectivity index (χ3n) is 2.43. The first kappa shape index (κ1) is 13.9. The van der Waals surface area contributed by atoms with E-state index in [1.807, 2.05) is 23.8 Å². The number of carbonyl (C=O) groups excluding carboxylic acids is 1. The Bertz CT molecular complexity index is 569. The molecule has 1 aromatic carbocycles. The molecule has 1 N–H and O–H groups in total. The number of aromatic nitrogens is 1. The molecular weight excluding hydrogens is 280 g/mol. The van der Waals surface area contributed by atoms with E-state index in [1.165, 1.54) is 23.3 Å². The maximum absolute atomic E-state index is 11.2. The molecule has 19 heavy (non-hydrogen) atoms. The quantitative estimate of drug-likeness (QED) is 0.677. The third kappa shape index (κ3) is 3.97. The lowest BCUT2D eigenvalue weighted by Crippen LogP contribution is -2.04. The standard InChI is InChI=1S/C13H14N2O2S2/c1-17-12(16)7-10-8-19-13(15-10)14-9-4-3-5-11(6-9)18-2/h3-6,8H,7H2,1-2H3,(H,14,15). The number of benzene rings is 1. The minimum atomic E-state index is -0.277. The Morgan fingerprint density at radius 2 is 2.37 bits per heavy atom. The Balaban J connectivity index is 2.04. The number of methoxy groups -OCH3 is 1. The predicted molar refractivity (Wildman–Crippen MR) is 79.3 cm³/mol. The van der Waals surface area contributed by atoms with E-state index >= 15 is 0 Å². The first-order chi connectivity index (χ1) is 9.21. The first-order valence-electron chi connectivity index (χ1n) is 5.63. The van der Waals surface area contributed by atoms with Gasteiger partial charge in [0.25, 0.3) is 0 Å². The zero-order chi connectivity index (χ0) is 13.7. The van der Waals surface area contributed by atoms with E-state index in [1.54, 1.807) is 11.8 Å². The smallest absolute Gasteiger partial charge is 0.311 e. The lowest BCUT2D eigenvalue weighted by Gasteiger charge is -2.03. The molecule has 6 heteroatoms. The van der Waals surface area contributed by atoms with Gasteiger partial charge in [-0.2, -0.15) is 0 Å². The topological polar surface area (TPSA) is 51.2 Å². The third-order valence-corrected chi connectivity index (χ3v) is 3.96. The highest BCUT2D eigenvalue weighted by molar-refractivity contribution is 7.98. The van der Waals surface area contributed by atoms with Crippen molar-refractivity contribution < 1.29 is 9.53 Å². The molecule has 0 aliphatic rings. The number of nitrogens with one attached hydrogen (secondary N) is 1. The van der Waals surface area contributed by atoms with Gasteiger partial charge >= 0.3 is 5.97 Å². The average Bonchev–Trinajstić information content (AvgIpc) is 2.86. The highest BCUT2D eigenvalue weighted by Gasteiger charge is 2.07. The minimum Gasteiger partial charge on any atom is -0.469 e. The van der Waals surface area contributed by atoms with Gasteiger partial charge in [0.05, 0.1) is 19.2 Å². The van der Waals surface area contributed by atoms with E-state index in [0.29, 0.717) is 0 Å². The predicted octanol–water partition coefficient (Wildman–Crippen LogP) is 3.32. The van der Waals surface area contributed by atoms with E-state index < -0.39 is 0 Å². The Morgan fingerprint density at radius 1 is 1.53 bits per heavy atom. The van der Waals surface area contributed by atoms with Gasteiger partial charge in [-0.25, -0.2) is 4.98 Å². The fraction of sp³-hybridized carbons (Fsp3) is 0.231. The number of rotatable bonds is 5. The second kappa shape index (κ2) is 6.58. The summed E-state index contributed by atoms with van der Waals surface area (Å²) in [4.78, 5) is 16.7. The maximum atomic E-state index is 11.2. The van der Waals surface area contributed by atoms with Gasteiger partial charge in [0.15, 0.2) is 5.13 Å². The highest BCUT2D eigenvalue weighted by atomic mass is 32.2. The summed E-state index contributed by atoms with van der Waals surface area (Å²) in [6.07, 6.45) is 2.25. The molecular formula is C13H14N2O2S2. The molecule has 0 aliphatic carbocycles. The molecule has 100 valence electrons. The number of hydrogen-bond acceptors (Lipinski definition) is 6. The van der Waals surface area contributed by atoms with E-state index in [4.69, 9.17) is 0 Å². The van der Waals surface area contributed by atoms with Crippen LogP contribution in [0.25, 0.3) is 0 Å². The molecule has 0 bridgehead atoms. The number of ether oxygens (including phenoxy) is 1. The van der Waals surface area contributed by atoms with E-state index in [9.17, 15) is 4.79 Å². The SMILES string of the molecule is COC(=O)Cc1csc(Nc2cccc(SC)c2)n1. The van der Waals surface area contributed by atoms with Crippen molar-refractivity contribution in [3.63, 3.8) is 0 Å². The summed E-state index contributed by atoms with van der Waals surface area (Å²) in [5.74, 6) is -0.277. The summed E-state index contributed by atoms with van der Waals surface area (Å²) >= 11 is 3.17. The fourth-order valence-corrected chi connectivity index (χ4v) is 2.68. The van der Waals surface area contributed by atoms with Crippen molar-refractivity contribution >= 4 is 39.9 Å². The number of thiazole rings is 1. The molecule has 4 nitrogen and oxygen atoms in total. The largest absolute Gasteiger partial charge is 0.469 e. The van der Waals surface area contributed by atoms with Crippen LogP contribution in [0.5, 0.6) is 0 Å². The molecule has 0 amide bonds. The average molecular weight is 294 g/mol. The van der Waals surface area contributed by atoms with Crippen LogP contribution in [0, 0.1) is 0 Å². The maximum Gasteiger partial charge on any atom is 0.311 e. The first-order valence-corrected chi connectivity index (χ1v) is 7.74. The number of anilines is 2. The van der Waals surface area contributed by atoms with Crippen molar-refractivity contribution in [3.05, 3.63) is 35.3 Å². The highest BCUT2D eigenvalue weighted by Crippen LogP contribution is 2.24. The second-order valence-electron chi connectivity index (χ2n) is 3.75. The Morgan fingerprint density at radius 3 is 3.11 bits per heavy atom. The molecule has 0 saturated carbocycles. The van der Waals surface area contributed by atoms with Crippen LogP contribution in [-0.4, -0.2) is 24.3 Å². The molecule has 2 rings (SSSR count). The van der Waals surface area contributed by atoms with Gasteiger partial charge in [-0.15, -0.1) is 23.1 Å². The van der Waals surface area contributed by atoms with Crippen molar-refractivity contribution in [1.82, 2.24) is 4.98 Å². The van der Waals surface area contributed by atoms with E-state index in [-0.39, 0.29) is 12.4 Å². The summed E-state index contributed by atoms with van der Waals surface area (Å²) in [7, 11) is 1.38. The molecule has 0 aliphatic heterocycles. The molecule has 2 aromatic rings. The minimum absolute atomic E-state index is 0.208. The van der Waals surface area contributed by atoms with Crippen LogP contribution in [0.15, 0.2) is 34.5 Å². The number of carbonyl (C=O) groups is 1. The van der Waals surface area contributed by atoms with Crippen molar-refractivity contribution in [3.8, 4) is 0 Å². The van der Waals surface area contributed by atoms with E-state index in [0.717, 1.165) is 16.5 Å². The van der Waals surface area contributed by atoms with Crippen molar-refractivity contribution in [1.29, 1.82) is 0 Å². The monoisotopic (exact) mass is 294 g/mol. The molecule has 1 heterocycles. The van der Waals surface area contributed by atoms with Crippen LogP contribution in [0.4, 0.5) is 10.8 Å². The summed E-state index contributed by atoms with van der Waals surface area (Å²) in [6, 6.07) is 8.10. The molecule has 0 saturated heterocycles. The van der Waals surface area contributed by atoms with Gasteiger partial charge in [0.2, 0.25) is 0 Å². The summed E-state index contributed by atoms with van der Waals surface area (Å²) < 4.78 is 4.61. The molecule has 0 atom stereocenters. The van der Waals surface area contributed by atoms with Crippen LogP contribution < -0.4 is 5.32 Å². The number of esters is 1. The van der Waals surface area contributed by atoms with Crippen LogP contribution in [0.1, 0.15) is 5.69 Å². The van der Waals surface area contributed by atoms with Crippen LogP contribution >= 0.6 is 23.1 Å². The number of hydrogen-bond donors (Lipinski definition) is 1. The van der Waals surface area contributed by atoms with Crippen LogP contribution in [0.3, 0.4) is 0 Å². The molecule has 1 aromatic heterocycles. The number of thioether (sulfide) groups is 1.